The van der Waals surface area contributed by atoms with Crippen molar-refractivity contribution in [3.8, 4) is 11.5 Å². The molecule has 0 bridgehead atoms. The van der Waals surface area contributed by atoms with E-state index < -0.39 is 10.0 Å². The summed E-state index contributed by atoms with van der Waals surface area (Å²) in [6.07, 6.45) is 1.16. The number of phenolic OH excluding ortho intramolecular Hbond substituents is 2. The van der Waals surface area contributed by atoms with E-state index in [1.165, 1.54) is 24.3 Å². The molecule has 128 valence electrons. The molecular weight excluding hydrogens is 328 g/mol. The average Bonchev–Trinajstić information content (AvgIpc) is 2.49. The lowest BCUT2D eigenvalue weighted by Crippen LogP contribution is -2.19. The van der Waals surface area contributed by atoms with E-state index in [1.54, 1.807) is 12.1 Å². The fourth-order valence-electron chi connectivity index (χ4n) is 1.99. The van der Waals surface area contributed by atoms with E-state index in [0.29, 0.717) is 0 Å². The largest absolute Gasteiger partial charge is 0.508 e. The monoisotopic (exact) mass is 348 g/mol. The van der Waals surface area contributed by atoms with E-state index in [-0.39, 0.29) is 27.4 Å². The lowest BCUT2D eigenvalue weighted by molar-refractivity contribution is 0.450. The number of nitrogens with zero attached hydrogens (tertiary/aromatic N) is 1. The van der Waals surface area contributed by atoms with Crippen molar-refractivity contribution in [2.45, 2.75) is 31.1 Å². The minimum atomic E-state index is -3.79. The van der Waals surface area contributed by atoms with Crippen LogP contribution in [0.3, 0.4) is 0 Å². The van der Waals surface area contributed by atoms with Crippen molar-refractivity contribution >= 4 is 16.2 Å². The number of sulfonamides is 1. The first-order chi connectivity index (χ1) is 11.1. The van der Waals surface area contributed by atoms with Gasteiger partial charge >= 0.3 is 0 Å². The van der Waals surface area contributed by atoms with Crippen LogP contribution in [0.25, 0.3) is 0 Å². The first-order valence-electron chi connectivity index (χ1n) is 7.27. The smallest absolute Gasteiger partial charge is 0.276 e. The lowest BCUT2D eigenvalue weighted by atomic mass is 9.87. The fourth-order valence-corrected chi connectivity index (χ4v) is 2.78. The Morgan fingerprint density at radius 1 is 1.04 bits per heavy atom. The molecule has 0 aliphatic carbocycles. The molecule has 0 fully saturated rings. The Kier molecular flexibility index (Phi) is 4.84. The van der Waals surface area contributed by atoms with Crippen LogP contribution in [0.5, 0.6) is 11.5 Å². The van der Waals surface area contributed by atoms with E-state index in [4.69, 9.17) is 0 Å². The van der Waals surface area contributed by atoms with Gasteiger partial charge in [0.05, 0.1) is 11.1 Å². The van der Waals surface area contributed by atoms with Crippen LogP contribution >= 0.6 is 0 Å². The third-order valence-corrected chi connectivity index (χ3v) is 4.66. The Bertz CT molecular complexity index is 851. The van der Waals surface area contributed by atoms with Gasteiger partial charge in [0, 0.05) is 11.6 Å². The van der Waals surface area contributed by atoms with Crippen LogP contribution in [0.15, 0.2) is 52.5 Å². The minimum absolute atomic E-state index is 0.0652. The maximum Gasteiger partial charge on any atom is 0.276 e. The summed E-state index contributed by atoms with van der Waals surface area (Å²) in [6, 6.07) is 10.5. The van der Waals surface area contributed by atoms with Crippen LogP contribution in [-0.2, 0) is 15.4 Å². The fraction of sp³-hybridized carbons (Fsp3) is 0.235. The second kappa shape index (κ2) is 6.52. The van der Waals surface area contributed by atoms with Crippen molar-refractivity contribution in [1.82, 2.24) is 4.83 Å². The quantitative estimate of drug-likeness (QED) is 0.584. The highest BCUT2D eigenvalue weighted by Gasteiger charge is 2.17. The molecule has 0 saturated carbocycles. The zero-order valence-corrected chi connectivity index (χ0v) is 14.5. The molecule has 0 spiro atoms. The molecule has 0 radical (unpaired) electrons. The second-order valence-corrected chi connectivity index (χ2v) is 8.03. The highest BCUT2D eigenvalue weighted by atomic mass is 32.2. The van der Waals surface area contributed by atoms with Gasteiger partial charge in [-0.2, -0.15) is 13.5 Å². The van der Waals surface area contributed by atoms with Crippen LogP contribution in [0, 0.1) is 0 Å². The summed E-state index contributed by atoms with van der Waals surface area (Å²) in [6.45, 7) is 6.13. The first-order valence-corrected chi connectivity index (χ1v) is 8.75. The highest BCUT2D eigenvalue weighted by Crippen LogP contribution is 2.23. The van der Waals surface area contributed by atoms with Gasteiger partial charge in [-0.05, 0) is 35.2 Å². The van der Waals surface area contributed by atoms with E-state index >= 15 is 0 Å². The molecule has 0 aromatic heterocycles. The number of hydrogen-bond donors (Lipinski definition) is 3. The molecule has 7 heteroatoms. The van der Waals surface area contributed by atoms with Gasteiger partial charge in [-0.25, -0.2) is 4.83 Å². The molecular formula is C17H20N2O4S. The van der Waals surface area contributed by atoms with E-state index in [0.717, 1.165) is 17.8 Å². The predicted octanol–water partition coefficient (Wildman–Crippen LogP) is 2.71. The van der Waals surface area contributed by atoms with Gasteiger partial charge in [-0.1, -0.05) is 32.9 Å². The topological polar surface area (TPSA) is 99.0 Å². The number of benzene rings is 2. The molecule has 6 nitrogen and oxygen atoms in total. The first kappa shape index (κ1) is 17.8. The predicted molar refractivity (Wildman–Crippen MR) is 92.8 cm³/mol. The molecule has 0 saturated heterocycles. The highest BCUT2D eigenvalue weighted by molar-refractivity contribution is 7.89. The summed E-state index contributed by atoms with van der Waals surface area (Å²) in [5.74, 6) is -0.295. The van der Waals surface area contributed by atoms with Gasteiger partial charge in [0.1, 0.15) is 11.5 Å². The summed E-state index contributed by atoms with van der Waals surface area (Å²) >= 11 is 0. The Morgan fingerprint density at radius 2 is 1.67 bits per heavy atom. The van der Waals surface area contributed by atoms with E-state index in [1.807, 2.05) is 20.8 Å². The number of aromatic hydroxyl groups is 2. The van der Waals surface area contributed by atoms with Gasteiger partial charge in [0.2, 0.25) is 0 Å². The minimum Gasteiger partial charge on any atom is -0.508 e. The van der Waals surface area contributed by atoms with Gasteiger partial charge in [-0.3, -0.25) is 0 Å². The third kappa shape index (κ3) is 4.26. The van der Waals surface area contributed by atoms with Crippen molar-refractivity contribution in [2.24, 2.45) is 5.10 Å². The molecule has 0 unspecified atom stereocenters. The average molecular weight is 348 g/mol. The zero-order valence-electron chi connectivity index (χ0n) is 13.7. The van der Waals surface area contributed by atoms with Gasteiger partial charge in [0.15, 0.2) is 0 Å². The van der Waals surface area contributed by atoms with E-state index in [9.17, 15) is 18.6 Å². The summed E-state index contributed by atoms with van der Waals surface area (Å²) in [4.78, 5) is 2.19. The van der Waals surface area contributed by atoms with Crippen molar-refractivity contribution < 1.29 is 18.6 Å². The molecule has 2 aromatic carbocycles. The zero-order chi connectivity index (χ0) is 18.0. The molecule has 0 aliphatic rings. The Hall–Kier alpha value is -2.54. The Morgan fingerprint density at radius 3 is 2.21 bits per heavy atom. The second-order valence-electron chi connectivity index (χ2n) is 6.37. The molecule has 0 heterocycles. The van der Waals surface area contributed by atoms with E-state index in [2.05, 4.69) is 9.93 Å². The summed E-state index contributed by atoms with van der Waals surface area (Å²) in [5.41, 5.74) is 1.24. The molecule has 2 rings (SSSR count). The molecule has 2 aromatic rings. The van der Waals surface area contributed by atoms with Crippen LogP contribution in [0.4, 0.5) is 0 Å². The maximum atomic E-state index is 12.2. The number of hydrazone groups is 1. The van der Waals surface area contributed by atoms with Crippen molar-refractivity contribution in [3.05, 3.63) is 53.6 Å². The molecule has 24 heavy (non-hydrogen) atoms. The van der Waals surface area contributed by atoms with Gasteiger partial charge in [-0.15, -0.1) is 0 Å². The van der Waals surface area contributed by atoms with Gasteiger partial charge < -0.3 is 10.2 Å². The van der Waals surface area contributed by atoms with Crippen molar-refractivity contribution in [2.75, 3.05) is 0 Å². The van der Waals surface area contributed by atoms with Gasteiger partial charge in [0.25, 0.3) is 10.0 Å². The third-order valence-electron chi connectivity index (χ3n) is 3.42. The summed E-state index contributed by atoms with van der Waals surface area (Å²) in [7, 11) is -3.79. The lowest BCUT2D eigenvalue weighted by Gasteiger charge is -2.19. The molecule has 0 atom stereocenters. The SMILES string of the molecule is CC(C)(C)c1ccc(S(=O)(=O)N/N=C\c2ccc(O)cc2O)cc1. The molecule has 0 amide bonds. The number of hydrogen-bond acceptors (Lipinski definition) is 5. The normalized spacial score (nSPS) is 12.5. The maximum absolute atomic E-state index is 12.2. The number of phenols is 2. The summed E-state index contributed by atoms with van der Waals surface area (Å²) in [5, 5.41) is 22.5. The van der Waals surface area contributed by atoms with Crippen molar-refractivity contribution in [1.29, 1.82) is 0 Å². The number of rotatable bonds is 4. The summed E-state index contributed by atoms with van der Waals surface area (Å²) < 4.78 is 24.4. The van der Waals surface area contributed by atoms with Crippen LogP contribution < -0.4 is 4.83 Å². The Balaban J connectivity index is 2.15. The number of nitrogens with one attached hydrogen (secondary N) is 1. The molecule has 3 N–H and O–H groups in total. The standard InChI is InChI=1S/C17H20N2O4S/c1-17(2,3)13-5-8-15(9-6-13)24(22,23)19-18-11-12-4-7-14(20)10-16(12)21/h4-11,19-21H,1-3H3/b18-11-. The van der Waals surface area contributed by atoms with Crippen LogP contribution in [0.1, 0.15) is 31.9 Å². The molecule has 0 aliphatic heterocycles. The van der Waals surface area contributed by atoms with Crippen molar-refractivity contribution in [3.63, 3.8) is 0 Å². The Labute approximate surface area is 141 Å². The van der Waals surface area contributed by atoms with Crippen LogP contribution in [0.2, 0.25) is 0 Å². The van der Waals surface area contributed by atoms with Crippen LogP contribution in [-0.4, -0.2) is 24.8 Å².